The molecule has 3 rings (SSSR count). The Balaban J connectivity index is 1.50. The lowest BCUT2D eigenvalue weighted by Gasteiger charge is -2.24. The first-order valence-corrected chi connectivity index (χ1v) is 8.74. The van der Waals surface area contributed by atoms with Crippen LogP contribution in [0.2, 0.25) is 0 Å². The number of rotatable bonds is 7. The smallest absolute Gasteiger partial charge is 0.264 e. The minimum atomic E-state index is -3.70. The summed E-state index contributed by atoms with van der Waals surface area (Å²) >= 11 is 0. The van der Waals surface area contributed by atoms with Crippen LogP contribution in [-0.2, 0) is 28.0 Å². The predicted octanol–water partition coefficient (Wildman–Crippen LogP) is 1.37. The number of primary sulfonamides is 1. The molecule has 2 N–H and O–H groups in total. The van der Waals surface area contributed by atoms with Crippen LogP contribution in [0.4, 0.5) is 0 Å². The van der Waals surface area contributed by atoms with Gasteiger partial charge in [0.1, 0.15) is 12.4 Å². The van der Waals surface area contributed by atoms with Crippen molar-refractivity contribution in [1.29, 1.82) is 0 Å². The molecule has 1 aromatic heterocycles. The van der Waals surface area contributed by atoms with E-state index in [4.69, 9.17) is 19.1 Å². The van der Waals surface area contributed by atoms with E-state index in [1.54, 1.807) is 0 Å². The van der Waals surface area contributed by atoms with Gasteiger partial charge in [0.05, 0.1) is 11.0 Å². The molecule has 1 aromatic carbocycles. The number of sulfonamides is 1. The number of nitrogens with two attached hydrogens (primary N) is 1. The summed E-state index contributed by atoms with van der Waals surface area (Å²) in [5.41, 5.74) is 0. The molecule has 0 unspecified atom stereocenters. The monoisotopic (exact) mass is 339 g/mol. The van der Waals surface area contributed by atoms with Crippen molar-refractivity contribution in [3.63, 3.8) is 0 Å². The molecule has 0 spiro atoms. The normalized spacial score (nSPS) is 15.3. The van der Waals surface area contributed by atoms with Crippen LogP contribution < -0.4 is 9.88 Å². The van der Waals surface area contributed by atoms with E-state index in [2.05, 4.69) is 10.1 Å². The Morgan fingerprint density at radius 3 is 2.57 bits per heavy atom. The number of benzene rings is 1. The Hall–Kier alpha value is -1.97. The maximum atomic E-state index is 11.2. The van der Waals surface area contributed by atoms with Crippen LogP contribution in [0.25, 0.3) is 0 Å². The summed E-state index contributed by atoms with van der Waals surface area (Å²) in [5.74, 6) is 1.29. The van der Waals surface area contributed by atoms with Crippen LogP contribution in [0.5, 0.6) is 5.75 Å². The van der Waals surface area contributed by atoms with E-state index in [1.165, 1.54) is 30.7 Å². The van der Waals surface area contributed by atoms with Gasteiger partial charge in [-0.1, -0.05) is 5.16 Å². The summed E-state index contributed by atoms with van der Waals surface area (Å²) in [4.78, 5) is 4.19. The van der Waals surface area contributed by atoms with Crippen LogP contribution in [0.3, 0.4) is 0 Å². The molecule has 23 heavy (non-hydrogen) atoms. The van der Waals surface area contributed by atoms with Gasteiger partial charge in [0.2, 0.25) is 10.0 Å². The Labute approximate surface area is 133 Å². The summed E-state index contributed by atoms with van der Waals surface area (Å²) in [6, 6.07) is 5.76. The lowest BCUT2D eigenvalue weighted by Crippen LogP contribution is -2.21. The van der Waals surface area contributed by atoms with Crippen LogP contribution >= 0.6 is 0 Å². The highest BCUT2D eigenvalue weighted by molar-refractivity contribution is 7.89. The first-order valence-electron chi connectivity index (χ1n) is 7.19. The molecule has 0 aliphatic heterocycles. The van der Waals surface area contributed by atoms with Gasteiger partial charge in [0.15, 0.2) is 12.4 Å². The average molecular weight is 339 g/mol. The Kier molecular flexibility index (Phi) is 4.60. The van der Waals surface area contributed by atoms with Gasteiger partial charge in [-0.15, -0.1) is 0 Å². The van der Waals surface area contributed by atoms with Gasteiger partial charge in [-0.3, -0.25) is 0 Å². The van der Waals surface area contributed by atoms with Crippen molar-refractivity contribution in [2.75, 3.05) is 0 Å². The lowest BCUT2D eigenvalue weighted by molar-refractivity contribution is -0.0123. The fourth-order valence-corrected chi connectivity index (χ4v) is 2.52. The molecule has 124 valence electrons. The van der Waals surface area contributed by atoms with Crippen molar-refractivity contribution >= 4 is 10.0 Å². The van der Waals surface area contributed by atoms with Gasteiger partial charge in [-0.2, -0.15) is 4.98 Å². The third-order valence-corrected chi connectivity index (χ3v) is 4.45. The minimum absolute atomic E-state index is 0.0260. The molecule has 0 bridgehead atoms. The third kappa shape index (κ3) is 4.27. The highest BCUT2D eigenvalue weighted by atomic mass is 32.2. The largest absolute Gasteiger partial charge is 0.484 e. The number of hydrogen-bond donors (Lipinski definition) is 1. The second-order valence-electron chi connectivity index (χ2n) is 5.27. The van der Waals surface area contributed by atoms with Crippen molar-refractivity contribution in [2.24, 2.45) is 5.14 Å². The maximum Gasteiger partial charge on any atom is 0.264 e. The molecule has 0 atom stereocenters. The summed E-state index contributed by atoms with van der Waals surface area (Å²) in [7, 11) is -3.70. The fourth-order valence-electron chi connectivity index (χ4n) is 2.01. The Morgan fingerprint density at radius 1 is 1.22 bits per heavy atom. The molecule has 2 aromatic rings. The van der Waals surface area contributed by atoms with Crippen LogP contribution in [0, 0.1) is 0 Å². The van der Waals surface area contributed by atoms with Gasteiger partial charge in [0.25, 0.3) is 5.89 Å². The molecule has 1 saturated carbocycles. The minimum Gasteiger partial charge on any atom is -0.484 e. The first kappa shape index (κ1) is 15.9. The van der Waals surface area contributed by atoms with E-state index in [9.17, 15) is 8.42 Å². The molecular weight excluding hydrogens is 322 g/mol. The second kappa shape index (κ2) is 6.65. The van der Waals surface area contributed by atoms with Gasteiger partial charge in [0, 0.05) is 0 Å². The van der Waals surface area contributed by atoms with E-state index in [0.29, 0.717) is 30.2 Å². The Morgan fingerprint density at radius 2 is 1.96 bits per heavy atom. The molecule has 1 aliphatic carbocycles. The molecule has 0 saturated heterocycles. The summed E-state index contributed by atoms with van der Waals surface area (Å²) in [6.45, 7) is 0.419. The molecule has 8 nitrogen and oxygen atoms in total. The van der Waals surface area contributed by atoms with Crippen molar-refractivity contribution in [3.8, 4) is 5.75 Å². The zero-order valence-electron chi connectivity index (χ0n) is 12.3. The number of aromatic nitrogens is 2. The number of ether oxygens (including phenoxy) is 2. The van der Waals surface area contributed by atoms with Crippen LogP contribution in [0.1, 0.15) is 31.0 Å². The van der Waals surface area contributed by atoms with Gasteiger partial charge in [-0.25, -0.2) is 13.6 Å². The maximum absolute atomic E-state index is 11.2. The Bertz CT molecular complexity index is 753. The van der Waals surface area contributed by atoms with E-state index in [-0.39, 0.29) is 11.5 Å². The van der Waals surface area contributed by atoms with Crippen molar-refractivity contribution < 1.29 is 22.4 Å². The molecular formula is C14H17N3O5S. The SMILES string of the molecule is NS(=O)(=O)c1ccc(OCc2nc(COC3CCC3)no2)cc1. The van der Waals surface area contributed by atoms with Gasteiger partial charge in [-0.05, 0) is 43.5 Å². The molecule has 0 amide bonds. The van der Waals surface area contributed by atoms with Crippen LogP contribution in [-0.4, -0.2) is 24.7 Å². The van der Waals surface area contributed by atoms with E-state index in [0.717, 1.165) is 12.8 Å². The second-order valence-corrected chi connectivity index (χ2v) is 6.83. The third-order valence-electron chi connectivity index (χ3n) is 3.53. The molecule has 9 heteroatoms. The molecule has 1 fully saturated rings. The topological polar surface area (TPSA) is 118 Å². The van der Waals surface area contributed by atoms with Gasteiger partial charge >= 0.3 is 0 Å². The molecule has 1 heterocycles. The predicted molar refractivity (Wildman–Crippen MR) is 78.9 cm³/mol. The lowest BCUT2D eigenvalue weighted by atomic mass is 9.96. The standard InChI is InChI=1S/C14H17N3O5S/c15-23(18,19)12-6-4-11(5-7-12)21-9-14-16-13(17-22-14)8-20-10-2-1-3-10/h4-7,10H,1-3,8-9H2,(H2,15,18,19). The average Bonchev–Trinajstić information content (AvgIpc) is 2.91. The number of hydrogen-bond acceptors (Lipinski definition) is 7. The zero-order valence-corrected chi connectivity index (χ0v) is 13.2. The zero-order chi connectivity index (χ0) is 16.3. The van der Waals surface area contributed by atoms with E-state index < -0.39 is 10.0 Å². The summed E-state index contributed by atoms with van der Waals surface area (Å²) < 4.78 is 38.4. The highest BCUT2D eigenvalue weighted by Crippen LogP contribution is 2.22. The van der Waals surface area contributed by atoms with E-state index in [1.807, 2.05) is 0 Å². The van der Waals surface area contributed by atoms with Crippen molar-refractivity contribution in [3.05, 3.63) is 36.0 Å². The quantitative estimate of drug-likeness (QED) is 0.809. The van der Waals surface area contributed by atoms with Crippen molar-refractivity contribution in [1.82, 2.24) is 10.1 Å². The summed E-state index contributed by atoms with van der Waals surface area (Å²) in [6.07, 6.45) is 3.69. The molecule has 1 aliphatic rings. The summed E-state index contributed by atoms with van der Waals surface area (Å²) in [5, 5.41) is 8.84. The van der Waals surface area contributed by atoms with Gasteiger partial charge < -0.3 is 14.0 Å². The molecule has 0 radical (unpaired) electrons. The van der Waals surface area contributed by atoms with Crippen molar-refractivity contribution in [2.45, 2.75) is 43.5 Å². The van der Waals surface area contributed by atoms with Crippen LogP contribution in [0.15, 0.2) is 33.7 Å². The fraction of sp³-hybridized carbons (Fsp3) is 0.429. The first-order chi connectivity index (χ1) is 11.0. The highest BCUT2D eigenvalue weighted by Gasteiger charge is 2.19. The number of nitrogens with zero attached hydrogens (tertiary/aromatic N) is 2. The van der Waals surface area contributed by atoms with E-state index >= 15 is 0 Å².